The molecule has 0 radical (unpaired) electrons. The Bertz CT molecular complexity index is 710. The summed E-state index contributed by atoms with van der Waals surface area (Å²) in [5.74, 6) is 0.367. The molecule has 0 fully saturated rings. The number of hydrogen-bond donors (Lipinski definition) is 3. The highest BCUT2D eigenvalue weighted by molar-refractivity contribution is 6.31. The van der Waals surface area contributed by atoms with Crippen LogP contribution < -0.4 is 15.4 Å². The van der Waals surface area contributed by atoms with Crippen molar-refractivity contribution in [2.45, 2.75) is 6.10 Å². The number of rotatable bonds is 7. The predicted molar refractivity (Wildman–Crippen MR) is 97.6 cm³/mol. The molecule has 0 saturated carbocycles. The molecule has 2 aromatic carbocycles. The average molecular weight is 369 g/mol. The Morgan fingerprint density at radius 2 is 2.08 bits per heavy atom. The SMILES string of the molecule is COc1ccc(Cl)cc1NC(=O)c1cccc(NCC(O)CCl)c1. The van der Waals surface area contributed by atoms with Crippen LogP contribution >= 0.6 is 23.2 Å². The molecule has 7 heteroatoms. The number of halogens is 2. The van der Waals surface area contributed by atoms with Crippen molar-refractivity contribution >= 4 is 40.5 Å². The van der Waals surface area contributed by atoms with E-state index in [0.717, 1.165) is 0 Å². The van der Waals surface area contributed by atoms with Gasteiger partial charge in [-0.15, -0.1) is 11.6 Å². The number of amides is 1. The van der Waals surface area contributed by atoms with E-state index in [1.807, 2.05) is 0 Å². The summed E-state index contributed by atoms with van der Waals surface area (Å²) in [4.78, 5) is 12.4. The summed E-state index contributed by atoms with van der Waals surface area (Å²) in [5.41, 5.74) is 1.66. The quantitative estimate of drug-likeness (QED) is 0.652. The van der Waals surface area contributed by atoms with Crippen LogP contribution in [0.15, 0.2) is 42.5 Å². The lowest BCUT2D eigenvalue weighted by Gasteiger charge is -2.13. The number of methoxy groups -OCH3 is 1. The second kappa shape index (κ2) is 8.78. The van der Waals surface area contributed by atoms with Gasteiger partial charge in [0.2, 0.25) is 0 Å². The number of alkyl halides is 1. The van der Waals surface area contributed by atoms with Gasteiger partial charge in [0, 0.05) is 22.8 Å². The molecule has 0 aromatic heterocycles. The van der Waals surface area contributed by atoms with Crippen LogP contribution in [0.1, 0.15) is 10.4 Å². The van der Waals surface area contributed by atoms with Gasteiger partial charge in [-0.05, 0) is 36.4 Å². The molecule has 5 nitrogen and oxygen atoms in total. The number of hydrogen-bond acceptors (Lipinski definition) is 4. The minimum atomic E-state index is -0.653. The molecule has 0 spiro atoms. The molecule has 2 rings (SSSR count). The summed E-state index contributed by atoms with van der Waals surface area (Å²) in [6, 6.07) is 11.9. The molecule has 24 heavy (non-hydrogen) atoms. The lowest BCUT2D eigenvalue weighted by molar-refractivity contribution is 0.102. The number of anilines is 2. The maximum atomic E-state index is 12.4. The van der Waals surface area contributed by atoms with Crippen molar-refractivity contribution in [1.29, 1.82) is 0 Å². The monoisotopic (exact) mass is 368 g/mol. The Morgan fingerprint density at radius 3 is 2.79 bits per heavy atom. The molecule has 0 aliphatic rings. The largest absolute Gasteiger partial charge is 0.495 e. The first-order valence-electron chi connectivity index (χ1n) is 7.26. The molecule has 1 unspecified atom stereocenters. The van der Waals surface area contributed by atoms with Crippen LogP contribution in [0.5, 0.6) is 5.75 Å². The third-order valence-corrected chi connectivity index (χ3v) is 3.85. The summed E-state index contributed by atoms with van der Waals surface area (Å²) in [7, 11) is 1.52. The summed E-state index contributed by atoms with van der Waals surface area (Å²) in [5, 5.41) is 15.8. The second-order valence-electron chi connectivity index (χ2n) is 5.07. The number of ether oxygens (including phenoxy) is 1. The highest BCUT2D eigenvalue weighted by atomic mass is 35.5. The minimum absolute atomic E-state index is 0.141. The first-order valence-corrected chi connectivity index (χ1v) is 8.17. The zero-order valence-electron chi connectivity index (χ0n) is 13.1. The molecule has 128 valence electrons. The summed E-state index contributed by atoms with van der Waals surface area (Å²) in [6.07, 6.45) is -0.653. The highest BCUT2D eigenvalue weighted by Gasteiger charge is 2.11. The van der Waals surface area contributed by atoms with E-state index in [1.165, 1.54) is 7.11 Å². The van der Waals surface area contributed by atoms with Gasteiger partial charge in [-0.2, -0.15) is 0 Å². The standard InChI is InChI=1S/C17H18Cl2N2O3/c1-24-16-6-5-12(19)8-15(16)21-17(23)11-3-2-4-13(7-11)20-10-14(22)9-18/h2-8,14,20,22H,9-10H2,1H3,(H,21,23). The van der Waals surface area contributed by atoms with Gasteiger partial charge in [-0.25, -0.2) is 0 Å². The Balaban J connectivity index is 2.11. The van der Waals surface area contributed by atoms with Crippen LogP contribution in [-0.4, -0.2) is 36.7 Å². The second-order valence-corrected chi connectivity index (χ2v) is 5.81. The Hall–Kier alpha value is -1.95. The highest BCUT2D eigenvalue weighted by Crippen LogP contribution is 2.28. The zero-order chi connectivity index (χ0) is 17.5. The molecule has 0 aliphatic heterocycles. The van der Waals surface area contributed by atoms with Gasteiger partial charge < -0.3 is 20.5 Å². The Labute approximate surface area is 150 Å². The molecular formula is C17H18Cl2N2O3. The number of carbonyl (C=O) groups excluding carboxylic acids is 1. The maximum Gasteiger partial charge on any atom is 0.255 e. The fourth-order valence-electron chi connectivity index (χ4n) is 2.03. The molecule has 0 heterocycles. The third kappa shape index (κ3) is 5.03. The fraction of sp³-hybridized carbons (Fsp3) is 0.235. The lowest BCUT2D eigenvalue weighted by Crippen LogP contribution is -2.21. The van der Waals surface area contributed by atoms with Crippen molar-refractivity contribution in [2.24, 2.45) is 0 Å². The molecule has 0 saturated heterocycles. The van der Waals surface area contributed by atoms with Crippen LogP contribution in [0, 0.1) is 0 Å². The smallest absolute Gasteiger partial charge is 0.255 e. The van der Waals surface area contributed by atoms with E-state index in [9.17, 15) is 9.90 Å². The van der Waals surface area contributed by atoms with Gasteiger partial charge in [0.05, 0.1) is 24.8 Å². The third-order valence-electron chi connectivity index (χ3n) is 3.25. The molecule has 0 aliphatic carbocycles. The van der Waals surface area contributed by atoms with Crippen molar-refractivity contribution in [2.75, 3.05) is 30.2 Å². The van der Waals surface area contributed by atoms with Crippen LogP contribution in [0.2, 0.25) is 5.02 Å². The Kier molecular flexibility index (Phi) is 6.73. The van der Waals surface area contributed by atoms with E-state index in [-0.39, 0.29) is 11.8 Å². The van der Waals surface area contributed by atoms with Crippen molar-refractivity contribution in [3.05, 3.63) is 53.1 Å². The molecule has 0 bridgehead atoms. The molecule has 2 aromatic rings. The van der Waals surface area contributed by atoms with Crippen molar-refractivity contribution in [3.63, 3.8) is 0 Å². The zero-order valence-corrected chi connectivity index (χ0v) is 14.6. The van der Waals surface area contributed by atoms with Crippen LogP contribution in [-0.2, 0) is 0 Å². The summed E-state index contributed by atoms with van der Waals surface area (Å²) in [6.45, 7) is 0.302. The first kappa shape index (κ1) is 18.4. The number of carbonyl (C=O) groups is 1. The number of nitrogens with one attached hydrogen (secondary N) is 2. The Morgan fingerprint density at radius 1 is 1.29 bits per heavy atom. The van der Waals surface area contributed by atoms with E-state index in [1.54, 1.807) is 42.5 Å². The van der Waals surface area contributed by atoms with Gasteiger partial charge in [-0.3, -0.25) is 4.79 Å². The fourth-order valence-corrected chi connectivity index (χ4v) is 2.31. The van der Waals surface area contributed by atoms with Crippen molar-refractivity contribution in [1.82, 2.24) is 0 Å². The van der Waals surface area contributed by atoms with Crippen LogP contribution in [0.4, 0.5) is 11.4 Å². The van der Waals surface area contributed by atoms with E-state index >= 15 is 0 Å². The van der Waals surface area contributed by atoms with E-state index in [4.69, 9.17) is 27.9 Å². The number of benzene rings is 2. The predicted octanol–water partition coefficient (Wildman–Crippen LogP) is 3.61. The van der Waals surface area contributed by atoms with Crippen molar-refractivity contribution in [3.8, 4) is 5.75 Å². The van der Waals surface area contributed by atoms with Gasteiger partial charge in [-0.1, -0.05) is 17.7 Å². The van der Waals surface area contributed by atoms with Crippen LogP contribution in [0.25, 0.3) is 0 Å². The summed E-state index contributed by atoms with van der Waals surface area (Å²) < 4.78 is 5.21. The topological polar surface area (TPSA) is 70.6 Å². The van der Waals surface area contributed by atoms with E-state index < -0.39 is 6.10 Å². The molecule has 1 amide bonds. The van der Waals surface area contributed by atoms with Crippen molar-refractivity contribution < 1.29 is 14.6 Å². The van der Waals surface area contributed by atoms with E-state index in [2.05, 4.69) is 10.6 Å². The van der Waals surface area contributed by atoms with Crippen LogP contribution in [0.3, 0.4) is 0 Å². The lowest BCUT2D eigenvalue weighted by atomic mass is 10.1. The van der Waals surface area contributed by atoms with Gasteiger partial charge >= 0.3 is 0 Å². The summed E-state index contributed by atoms with van der Waals surface area (Å²) >= 11 is 11.5. The first-order chi connectivity index (χ1) is 11.5. The number of aliphatic hydroxyl groups excluding tert-OH is 1. The van der Waals surface area contributed by atoms with Gasteiger partial charge in [0.1, 0.15) is 5.75 Å². The minimum Gasteiger partial charge on any atom is -0.495 e. The molecule has 3 N–H and O–H groups in total. The number of aliphatic hydroxyl groups is 1. The molecular weight excluding hydrogens is 351 g/mol. The maximum absolute atomic E-state index is 12.4. The average Bonchev–Trinajstić information content (AvgIpc) is 2.60. The van der Waals surface area contributed by atoms with E-state index in [0.29, 0.717) is 34.3 Å². The van der Waals surface area contributed by atoms with Gasteiger partial charge in [0.25, 0.3) is 5.91 Å². The van der Waals surface area contributed by atoms with Gasteiger partial charge in [0.15, 0.2) is 0 Å². The normalized spacial score (nSPS) is 11.7. The molecule has 1 atom stereocenters.